The Hall–Kier alpha value is -1.79. The minimum Gasteiger partial charge on any atom is -0.234 e. The molecule has 0 N–H and O–H groups in total. The van der Waals surface area contributed by atoms with Crippen LogP contribution in [0.4, 0.5) is 0 Å². The zero-order valence-corrected chi connectivity index (χ0v) is 16.1. The Morgan fingerprint density at radius 1 is 1.21 bits per heavy atom. The fourth-order valence-corrected chi connectivity index (χ4v) is 3.15. The average molecular weight is 404 g/mol. The summed E-state index contributed by atoms with van der Waals surface area (Å²) in [5.41, 5.74) is 2.79. The van der Waals surface area contributed by atoms with Crippen LogP contribution < -0.4 is 0 Å². The maximum Gasteiger partial charge on any atom is 0.144 e. The molecule has 0 spiro atoms. The van der Waals surface area contributed by atoms with E-state index >= 15 is 0 Å². The predicted octanol–water partition coefficient (Wildman–Crippen LogP) is 4.67. The minimum atomic E-state index is -1.29. The molecular weight excluding hydrogens is 386 g/mol. The molecule has 24 heavy (non-hydrogen) atoms. The first-order chi connectivity index (χ1) is 11.4. The van der Waals surface area contributed by atoms with Gasteiger partial charge in [-0.1, -0.05) is 34.1 Å². The molecule has 0 saturated carbocycles. The van der Waals surface area contributed by atoms with E-state index in [1.807, 2.05) is 74.1 Å². The molecule has 3 rings (SSSR count). The summed E-state index contributed by atoms with van der Waals surface area (Å²) >= 11 is 3.48. The van der Waals surface area contributed by atoms with Crippen LogP contribution in [0.1, 0.15) is 26.3 Å². The highest BCUT2D eigenvalue weighted by molar-refractivity contribution is 9.10. The van der Waals surface area contributed by atoms with E-state index < -0.39 is 11.0 Å². The second kappa shape index (κ2) is 6.61. The molecule has 6 heteroatoms. The van der Waals surface area contributed by atoms with Crippen molar-refractivity contribution in [2.24, 2.45) is 4.40 Å². The summed E-state index contributed by atoms with van der Waals surface area (Å²) in [6.45, 7) is 5.72. The zero-order chi connectivity index (χ0) is 17.3. The van der Waals surface area contributed by atoms with Crippen molar-refractivity contribution in [3.05, 3.63) is 58.7 Å². The lowest BCUT2D eigenvalue weighted by atomic mass is 10.2. The molecule has 0 aliphatic carbocycles. The minimum absolute atomic E-state index is 0.379. The Labute approximate surface area is 152 Å². The number of aromatic nitrogens is 2. The lowest BCUT2D eigenvalue weighted by Crippen LogP contribution is -2.19. The molecule has 1 atom stereocenters. The number of hydrogen-bond donors (Lipinski definition) is 0. The van der Waals surface area contributed by atoms with E-state index in [0.29, 0.717) is 0 Å². The summed E-state index contributed by atoms with van der Waals surface area (Å²) in [5.74, 6) is 0. The third kappa shape index (κ3) is 3.49. The number of para-hydroxylation sites is 1. The monoisotopic (exact) mass is 403 g/mol. The van der Waals surface area contributed by atoms with Gasteiger partial charge in [-0.3, -0.25) is 0 Å². The van der Waals surface area contributed by atoms with E-state index in [9.17, 15) is 4.21 Å². The van der Waals surface area contributed by atoms with E-state index in [0.717, 1.165) is 26.6 Å². The van der Waals surface area contributed by atoms with Gasteiger partial charge in [0, 0.05) is 21.6 Å². The number of rotatable bonds is 3. The fraction of sp³-hybridized carbons (Fsp3) is 0.222. The van der Waals surface area contributed by atoms with Crippen LogP contribution in [0, 0.1) is 0 Å². The molecule has 0 aliphatic heterocycles. The first-order valence-corrected chi connectivity index (χ1v) is 9.45. The Morgan fingerprint density at radius 3 is 2.71 bits per heavy atom. The van der Waals surface area contributed by atoms with Gasteiger partial charge in [0.25, 0.3) is 0 Å². The van der Waals surface area contributed by atoms with Gasteiger partial charge in [-0.25, -0.2) is 8.89 Å². The zero-order valence-electron chi connectivity index (χ0n) is 13.7. The maximum atomic E-state index is 12.2. The SMILES string of the molecule is CC(C)(C)[S@](=O)/N=C/c1ccccc1-n1ncc2cc(Br)ccc21. The molecule has 0 fully saturated rings. The number of fused-ring (bicyclic) bond motifs is 1. The van der Waals surface area contributed by atoms with Crippen molar-refractivity contribution in [2.75, 3.05) is 0 Å². The molecule has 0 radical (unpaired) electrons. The molecule has 0 unspecified atom stereocenters. The van der Waals surface area contributed by atoms with Gasteiger partial charge in [0.2, 0.25) is 0 Å². The Kier molecular flexibility index (Phi) is 4.69. The van der Waals surface area contributed by atoms with Crippen LogP contribution in [0.25, 0.3) is 16.6 Å². The molecule has 0 amide bonds. The van der Waals surface area contributed by atoms with Crippen molar-refractivity contribution < 1.29 is 4.21 Å². The van der Waals surface area contributed by atoms with Crippen LogP contribution in [0.5, 0.6) is 0 Å². The molecule has 0 aliphatic rings. The summed E-state index contributed by atoms with van der Waals surface area (Å²) in [6, 6.07) is 13.9. The summed E-state index contributed by atoms with van der Waals surface area (Å²) < 4.78 is 18.9. The highest BCUT2D eigenvalue weighted by Crippen LogP contribution is 2.23. The van der Waals surface area contributed by atoms with Crippen molar-refractivity contribution >= 4 is 44.0 Å². The highest BCUT2D eigenvalue weighted by Gasteiger charge is 2.18. The van der Waals surface area contributed by atoms with E-state index in [1.165, 1.54) is 0 Å². The third-order valence-corrected chi connectivity index (χ3v) is 5.34. The Bertz CT molecular complexity index is 941. The van der Waals surface area contributed by atoms with Gasteiger partial charge in [-0.15, -0.1) is 0 Å². The Morgan fingerprint density at radius 2 is 1.96 bits per heavy atom. The van der Waals surface area contributed by atoms with Gasteiger partial charge >= 0.3 is 0 Å². The summed E-state index contributed by atoms with van der Waals surface area (Å²) in [5, 5.41) is 5.55. The van der Waals surface area contributed by atoms with Crippen LogP contribution in [0.3, 0.4) is 0 Å². The molecule has 3 aromatic rings. The molecule has 4 nitrogen and oxygen atoms in total. The molecule has 2 aromatic carbocycles. The van der Waals surface area contributed by atoms with Gasteiger partial charge in [-0.05, 0) is 45.0 Å². The molecule has 1 heterocycles. The average Bonchev–Trinajstić information content (AvgIpc) is 2.94. The van der Waals surface area contributed by atoms with Crippen LogP contribution >= 0.6 is 15.9 Å². The van der Waals surface area contributed by atoms with Crippen LogP contribution in [-0.2, 0) is 11.0 Å². The number of halogens is 1. The van der Waals surface area contributed by atoms with E-state index in [2.05, 4.69) is 25.4 Å². The quantitative estimate of drug-likeness (QED) is 0.596. The smallest absolute Gasteiger partial charge is 0.144 e. The lowest BCUT2D eigenvalue weighted by molar-refractivity contribution is 0.651. The summed E-state index contributed by atoms with van der Waals surface area (Å²) in [6.07, 6.45) is 3.50. The van der Waals surface area contributed by atoms with E-state index in [4.69, 9.17) is 0 Å². The summed E-state index contributed by atoms with van der Waals surface area (Å²) in [7, 11) is -1.29. The molecule has 1 aromatic heterocycles. The Balaban J connectivity index is 2.06. The van der Waals surface area contributed by atoms with Crippen LogP contribution in [0.15, 0.2) is 57.5 Å². The lowest BCUT2D eigenvalue weighted by Gasteiger charge is -2.13. The third-order valence-electron chi connectivity index (χ3n) is 3.51. The fourth-order valence-electron chi connectivity index (χ4n) is 2.25. The maximum absolute atomic E-state index is 12.2. The first-order valence-electron chi connectivity index (χ1n) is 7.55. The van der Waals surface area contributed by atoms with Gasteiger partial charge in [0.05, 0.1) is 22.1 Å². The van der Waals surface area contributed by atoms with Gasteiger partial charge in [0.15, 0.2) is 0 Å². The second-order valence-corrected chi connectivity index (χ2v) is 9.26. The number of hydrogen-bond acceptors (Lipinski definition) is 2. The second-order valence-electron chi connectivity index (χ2n) is 6.41. The predicted molar refractivity (Wildman–Crippen MR) is 104 cm³/mol. The van der Waals surface area contributed by atoms with Crippen molar-refractivity contribution in [3.63, 3.8) is 0 Å². The normalized spacial score (nSPS) is 13.7. The standard InChI is InChI=1S/C18H18BrN3OS/c1-18(2,3)24(23)21-12-13-6-4-5-7-16(13)22-17-9-8-15(19)10-14(17)11-20-22/h4-12H,1-3H3/b21-12+/t24-/m0/s1. The highest BCUT2D eigenvalue weighted by atomic mass is 79.9. The largest absolute Gasteiger partial charge is 0.234 e. The van der Waals surface area contributed by atoms with E-state index in [1.54, 1.807) is 6.21 Å². The number of nitrogens with zero attached hydrogens (tertiary/aromatic N) is 3. The van der Waals surface area contributed by atoms with Crippen molar-refractivity contribution in [1.29, 1.82) is 0 Å². The van der Waals surface area contributed by atoms with Crippen LogP contribution in [0.2, 0.25) is 0 Å². The van der Waals surface area contributed by atoms with Crippen LogP contribution in [-0.4, -0.2) is 25.0 Å². The first kappa shape index (κ1) is 17.0. The van der Waals surface area contributed by atoms with Crippen molar-refractivity contribution in [1.82, 2.24) is 9.78 Å². The number of benzene rings is 2. The summed E-state index contributed by atoms with van der Waals surface area (Å²) in [4.78, 5) is 0. The molecule has 124 valence electrons. The van der Waals surface area contributed by atoms with E-state index in [-0.39, 0.29) is 4.75 Å². The van der Waals surface area contributed by atoms with Crippen molar-refractivity contribution in [2.45, 2.75) is 25.5 Å². The van der Waals surface area contributed by atoms with Crippen molar-refractivity contribution in [3.8, 4) is 5.69 Å². The topological polar surface area (TPSA) is 47.2 Å². The molecule has 0 bridgehead atoms. The van der Waals surface area contributed by atoms with Gasteiger partial charge < -0.3 is 0 Å². The van der Waals surface area contributed by atoms with Gasteiger partial charge in [-0.2, -0.15) is 9.50 Å². The molecular formula is C18H18BrN3OS. The van der Waals surface area contributed by atoms with Gasteiger partial charge in [0.1, 0.15) is 11.0 Å². The molecule has 0 saturated heterocycles.